The zero-order valence-electron chi connectivity index (χ0n) is 17.9. The minimum absolute atomic E-state index is 0.290. The van der Waals surface area contributed by atoms with Crippen molar-refractivity contribution in [2.24, 2.45) is 0 Å². The molecule has 0 radical (unpaired) electrons. The molecule has 9 heteroatoms. The van der Waals surface area contributed by atoms with Gasteiger partial charge in [0.2, 0.25) is 0 Å². The fraction of sp³-hybridized carbons (Fsp3) is 0.167. The van der Waals surface area contributed by atoms with Gasteiger partial charge >= 0.3 is 5.97 Å². The van der Waals surface area contributed by atoms with Crippen molar-refractivity contribution in [1.82, 2.24) is 10.3 Å². The third-order valence-corrected chi connectivity index (χ3v) is 6.06. The third kappa shape index (κ3) is 7.10. The second kappa shape index (κ2) is 12.1. The van der Waals surface area contributed by atoms with Crippen LogP contribution in [0, 0.1) is 0 Å². The first-order valence-corrected chi connectivity index (χ1v) is 12.3. The summed E-state index contributed by atoms with van der Waals surface area (Å²) in [5, 5.41) is 14.6. The van der Waals surface area contributed by atoms with Gasteiger partial charge in [0.15, 0.2) is 0 Å². The number of benzene rings is 2. The van der Waals surface area contributed by atoms with E-state index >= 15 is 0 Å². The molecule has 33 heavy (non-hydrogen) atoms. The van der Waals surface area contributed by atoms with Gasteiger partial charge in [0, 0.05) is 28.5 Å². The highest BCUT2D eigenvalue weighted by Crippen LogP contribution is 2.28. The molecule has 3 aromatic rings. The van der Waals surface area contributed by atoms with Gasteiger partial charge in [-0.1, -0.05) is 30.3 Å². The van der Waals surface area contributed by atoms with Crippen LogP contribution >= 0.6 is 23.5 Å². The maximum absolute atomic E-state index is 13.0. The van der Waals surface area contributed by atoms with Crippen molar-refractivity contribution in [3.63, 3.8) is 0 Å². The summed E-state index contributed by atoms with van der Waals surface area (Å²) in [4.78, 5) is 41.7. The van der Waals surface area contributed by atoms with Gasteiger partial charge in [-0.25, -0.2) is 4.79 Å². The first kappa shape index (κ1) is 24.3. The Morgan fingerprint density at radius 1 is 1.06 bits per heavy atom. The summed E-state index contributed by atoms with van der Waals surface area (Å²) in [5.41, 5.74) is 2.21. The predicted molar refractivity (Wildman–Crippen MR) is 133 cm³/mol. The number of carboxylic acid groups (broad SMARTS) is 1. The van der Waals surface area contributed by atoms with Crippen molar-refractivity contribution >= 4 is 46.3 Å². The van der Waals surface area contributed by atoms with Gasteiger partial charge in [-0.05, 0) is 71.7 Å². The second-order valence-electron chi connectivity index (χ2n) is 6.98. The predicted octanol–water partition coefficient (Wildman–Crippen LogP) is 5.01. The minimum Gasteiger partial charge on any atom is -0.480 e. The number of carboxylic acids is 1. The second-order valence-corrected chi connectivity index (χ2v) is 9.01. The zero-order chi connectivity index (χ0) is 23.6. The van der Waals surface area contributed by atoms with E-state index in [2.05, 4.69) is 15.6 Å². The molecule has 1 atom stereocenters. The van der Waals surface area contributed by atoms with Crippen LogP contribution in [0.2, 0.25) is 0 Å². The number of nitrogens with one attached hydrogen (secondary N) is 2. The van der Waals surface area contributed by atoms with Crippen LogP contribution in [-0.4, -0.2) is 45.3 Å². The SMILES string of the molecule is CSCC[C@H](NC(=O)c1ccc(NC(=O)Sc2cccnc2)cc1-c1ccccc1)C(=O)O. The lowest BCUT2D eigenvalue weighted by molar-refractivity contribution is -0.139. The molecule has 0 aliphatic rings. The summed E-state index contributed by atoms with van der Waals surface area (Å²) >= 11 is 2.53. The van der Waals surface area contributed by atoms with Crippen molar-refractivity contribution in [2.75, 3.05) is 17.3 Å². The number of anilines is 1. The lowest BCUT2D eigenvalue weighted by atomic mass is 9.98. The topological polar surface area (TPSA) is 108 Å². The van der Waals surface area contributed by atoms with Crippen LogP contribution in [0.25, 0.3) is 11.1 Å². The fourth-order valence-electron chi connectivity index (χ4n) is 3.06. The first-order chi connectivity index (χ1) is 16.0. The zero-order valence-corrected chi connectivity index (χ0v) is 19.5. The molecule has 170 valence electrons. The normalized spacial score (nSPS) is 11.4. The average molecular weight is 482 g/mol. The van der Waals surface area contributed by atoms with E-state index in [0.29, 0.717) is 33.9 Å². The average Bonchev–Trinajstić information content (AvgIpc) is 2.82. The summed E-state index contributed by atoms with van der Waals surface area (Å²) in [6.07, 6.45) is 5.44. The number of thioether (sulfide) groups is 2. The Bertz CT molecular complexity index is 1110. The molecule has 2 amide bonds. The van der Waals surface area contributed by atoms with Crippen molar-refractivity contribution < 1.29 is 19.5 Å². The molecule has 0 spiro atoms. The number of aromatic nitrogens is 1. The molecule has 2 aromatic carbocycles. The van der Waals surface area contributed by atoms with Gasteiger partial charge in [-0.2, -0.15) is 11.8 Å². The Kier molecular flexibility index (Phi) is 8.91. The Morgan fingerprint density at radius 3 is 2.52 bits per heavy atom. The van der Waals surface area contributed by atoms with Crippen molar-refractivity contribution in [2.45, 2.75) is 17.4 Å². The first-order valence-electron chi connectivity index (χ1n) is 10.1. The number of carbonyl (C=O) groups excluding carboxylic acids is 2. The van der Waals surface area contributed by atoms with Crippen LogP contribution in [-0.2, 0) is 4.79 Å². The quantitative estimate of drug-likeness (QED) is 0.369. The maximum Gasteiger partial charge on any atom is 0.326 e. The van der Waals surface area contributed by atoms with E-state index in [1.54, 1.807) is 42.7 Å². The van der Waals surface area contributed by atoms with E-state index in [-0.39, 0.29) is 5.24 Å². The van der Waals surface area contributed by atoms with E-state index < -0.39 is 17.9 Å². The number of pyridine rings is 1. The van der Waals surface area contributed by atoms with Crippen molar-refractivity contribution in [3.8, 4) is 11.1 Å². The number of hydrogen-bond acceptors (Lipinski definition) is 6. The smallest absolute Gasteiger partial charge is 0.326 e. The standard InChI is InChI=1S/C24H23N3O4S2/c1-32-13-11-21(23(29)30)27-22(28)19-10-9-17(14-20(19)16-6-3-2-4-7-16)26-24(31)33-18-8-5-12-25-15-18/h2-10,12,14-15,21H,11,13H2,1H3,(H,26,31)(H,27,28)(H,29,30)/t21-/m0/s1. The molecule has 0 unspecified atom stereocenters. The monoisotopic (exact) mass is 481 g/mol. The van der Waals surface area contributed by atoms with Gasteiger partial charge in [-0.15, -0.1) is 0 Å². The van der Waals surface area contributed by atoms with E-state index in [9.17, 15) is 19.5 Å². The molecule has 1 aromatic heterocycles. The molecule has 0 saturated heterocycles. The summed E-state index contributed by atoms with van der Waals surface area (Å²) in [5.74, 6) is -0.942. The number of aliphatic carboxylic acids is 1. The lowest BCUT2D eigenvalue weighted by Crippen LogP contribution is -2.41. The van der Waals surface area contributed by atoms with Gasteiger partial charge in [0.05, 0.1) is 0 Å². The van der Waals surface area contributed by atoms with Gasteiger partial charge in [-0.3, -0.25) is 14.6 Å². The van der Waals surface area contributed by atoms with Crippen LogP contribution in [0.1, 0.15) is 16.8 Å². The van der Waals surface area contributed by atoms with Crippen molar-refractivity contribution in [3.05, 3.63) is 78.6 Å². The molecule has 7 nitrogen and oxygen atoms in total. The van der Waals surface area contributed by atoms with Gasteiger partial charge in [0.25, 0.3) is 11.1 Å². The molecule has 0 bridgehead atoms. The molecule has 3 N–H and O–H groups in total. The van der Waals surface area contributed by atoms with Crippen molar-refractivity contribution in [1.29, 1.82) is 0 Å². The van der Waals surface area contributed by atoms with Gasteiger partial charge in [0.1, 0.15) is 6.04 Å². The molecular formula is C24H23N3O4S2. The van der Waals surface area contributed by atoms with E-state index in [4.69, 9.17) is 0 Å². The number of carbonyl (C=O) groups is 3. The van der Waals surface area contributed by atoms with E-state index in [0.717, 1.165) is 17.3 Å². The van der Waals surface area contributed by atoms with E-state index in [1.807, 2.05) is 36.6 Å². The van der Waals surface area contributed by atoms with Crippen LogP contribution < -0.4 is 10.6 Å². The van der Waals surface area contributed by atoms with E-state index in [1.165, 1.54) is 11.8 Å². The Balaban J connectivity index is 1.85. The minimum atomic E-state index is -1.07. The molecule has 0 aliphatic carbocycles. The molecular weight excluding hydrogens is 458 g/mol. The Morgan fingerprint density at radius 2 is 1.85 bits per heavy atom. The molecule has 0 aliphatic heterocycles. The number of hydrogen-bond donors (Lipinski definition) is 3. The van der Waals surface area contributed by atoms with Crippen LogP contribution in [0.15, 0.2) is 78.0 Å². The molecule has 0 saturated carbocycles. The Labute approximate surface area is 200 Å². The number of amides is 2. The number of nitrogens with zero attached hydrogens (tertiary/aromatic N) is 1. The number of rotatable bonds is 9. The highest BCUT2D eigenvalue weighted by molar-refractivity contribution is 8.13. The Hall–Kier alpha value is -3.30. The van der Waals surface area contributed by atoms with Crippen LogP contribution in [0.5, 0.6) is 0 Å². The largest absolute Gasteiger partial charge is 0.480 e. The summed E-state index contributed by atoms with van der Waals surface area (Å²) in [6, 6.07) is 16.7. The molecule has 0 fully saturated rings. The van der Waals surface area contributed by atoms with Gasteiger partial charge < -0.3 is 15.7 Å². The highest BCUT2D eigenvalue weighted by atomic mass is 32.2. The van der Waals surface area contributed by atoms with Crippen LogP contribution in [0.4, 0.5) is 10.5 Å². The molecule has 3 rings (SSSR count). The maximum atomic E-state index is 13.0. The van der Waals surface area contributed by atoms with Crippen LogP contribution in [0.3, 0.4) is 0 Å². The highest BCUT2D eigenvalue weighted by Gasteiger charge is 2.22. The summed E-state index contributed by atoms with van der Waals surface area (Å²) < 4.78 is 0. The molecule has 1 heterocycles. The lowest BCUT2D eigenvalue weighted by Gasteiger charge is -2.17. The summed E-state index contributed by atoms with van der Waals surface area (Å²) in [6.45, 7) is 0. The fourth-order valence-corrected chi connectivity index (χ4v) is 4.18. The summed E-state index contributed by atoms with van der Waals surface area (Å²) in [7, 11) is 0. The third-order valence-electron chi connectivity index (χ3n) is 4.65.